The maximum atomic E-state index is 14.4. The zero-order chi connectivity index (χ0) is 30.4. The Labute approximate surface area is 251 Å². The maximum Gasteiger partial charge on any atom is 0.312 e. The van der Waals surface area contributed by atoms with Crippen molar-refractivity contribution in [2.45, 2.75) is 69.3 Å². The highest BCUT2D eigenvalue weighted by Crippen LogP contribution is 2.59. The zero-order valence-corrected chi connectivity index (χ0v) is 24.8. The Hall–Kier alpha value is -3.21. The number of rotatable bonds is 15. The monoisotopic (exact) mass is 601 g/mol. The number of nitrogens with zero attached hydrogens (tertiary/aromatic N) is 2. The highest BCUT2D eigenvalue weighted by atomic mass is 35.5. The summed E-state index contributed by atoms with van der Waals surface area (Å²) < 4.78 is 12.2. The zero-order valence-electron chi connectivity index (χ0n) is 24.0. The highest BCUT2D eigenvalue weighted by Gasteiger charge is 2.75. The van der Waals surface area contributed by atoms with Crippen molar-refractivity contribution in [1.29, 1.82) is 0 Å². The first-order chi connectivity index (χ1) is 20.2. The molecule has 0 aliphatic carbocycles. The van der Waals surface area contributed by atoms with Crippen LogP contribution in [0.5, 0.6) is 0 Å². The molecule has 3 aliphatic heterocycles. The molecule has 42 heavy (non-hydrogen) atoms. The molecule has 10 nitrogen and oxygen atoms in total. The van der Waals surface area contributed by atoms with Crippen LogP contribution in [0.2, 0.25) is 5.02 Å². The van der Waals surface area contributed by atoms with Crippen LogP contribution in [0.15, 0.2) is 49.6 Å². The first-order valence-electron chi connectivity index (χ1n) is 14.5. The summed E-state index contributed by atoms with van der Waals surface area (Å²) >= 11 is 6.09. The van der Waals surface area contributed by atoms with Gasteiger partial charge in [0.15, 0.2) is 0 Å². The summed E-state index contributed by atoms with van der Waals surface area (Å²) in [5, 5.41) is 12.6. The smallest absolute Gasteiger partial charge is 0.312 e. The Balaban J connectivity index is 1.59. The topological polar surface area (TPSA) is 125 Å². The Kier molecular flexibility index (Phi) is 10.5. The molecule has 3 fully saturated rings. The van der Waals surface area contributed by atoms with Gasteiger partial charge in [-0.15, -0.1) is 13.2 Å². The van der Waals surface area contributed by atoms with Crippen molar-refractivity contribution >= 4 is 41.0 Å². The number of carbonyl (C=O) groups is 4. The molecule has 0 unspecified atom stereocenters. The third-order valence-electron chi connectivity index (χ3n) is 8.31. The Bertz CT molecular complexity index is 1190. The molecule has 3 heterocycles. The van der Waals surface area contributed by atoms with Gasteiger partial charge in [-0.05, 0) is 63.3 Å². The number of fused-ring (bicyclic) bond motifs is 1. The first-order valence-corrected chi connectivity index (χ1v) is 14.9. The van der Waals surface area contributed by atoms with Gasteiger partial charge in [-0.25, -0.2) is 0 Å². The number of aliphatic hydroxyl groups excluding tert-OH is 1. The normalized spacial score (nSPS) is 26.5. The summed E-state index contributed by atoms with van der Waals surface area (Å²) in [7, 11) is 0. The van der Waals surface area contributed by atoms with Crippen LogP contribution < -0.4 is 10.2 Å². The number of hydrogen-bond acceptors (Lipinski definition) is 7. The van der Waals surface area contributed by atoms with E-state index in [1.165, 1.54) is 4.90 Å². The lowest BCUT2D eigenvalue weighted by Crippen LogP contribution is -2.56. The number of amides is 3. The van der Waals surface area contributed by atoms with Crippen LogP contribution in [0.1, 0.15) is 45.4 Å². The molecule has 2 bridgehead atoms. The van der Waals surface area contributed by atoms with Crippen molar-refractivity contribution in [3.63, 3.8) is 0 Å². The average Bonchev–Trinajstić information content (AvgIpc) is 3.61. The summed E-state index contributed by atoms with van der Waals surface area (Å²) in [6.45, 7) is 9.62. The second-order valence-corrected chi connectivity index (χ2v) is 11.5. The van der Waals surface area contributed by atoms with E-state index < -0.39 is 41.7 Å². The number of nitrogens with one attached hydrogen (secondary N) is 1. The number of allylic oxidation sites excluding steroid dienone is 1. The third-order valence-corrected chi connectivity index (χ3v) is 8.56. The van der Waals surface area contributed by atoms with Gasteiger partial charge < -0.3 is 29.7 Å². The minimum Gasteiger partial charge on any atom is -0.460 e. The number of unbranched alkanes of at least 4 members (excludes halogenated alkanes) is 1. The van der Waals surface area contributed by atoms with E-state index >= 15 is 0 Å². The predicted octanol–water partition coefficient (Wildman–Crippen LogP) is 3.02. The van der Waals surface area contributed by atoms with Gasteiger partial charge in [-0.3, -0.25) is 19.2 Å². The molecule has 228 valence electrons. The molecule has 1 aromatic rings. The Morgan fingerprint density at radius 1 is 1.26 bits per heavy atom. The predicted molar refractivity (Wildman–Crippen MR) is 158 cm³/mol. The minimum absolute atomic E-state index is 0.0435. The van der Waals surface area contributed by atoms with E-state index in [1.807, 2.05) is 0 Å². The van der Waals surface area contributed by atoms with Gasteiger partial charge in [0.1, 0.15) is 17.7 Å². The molecule has 1 aromatic carbocycles. The maximum absolute atomic E-state index is 14.4. The molecule has 3 aliphatic rings. The van der Waals surface area contributed by atoms with Gasteiger partial charge in [0.2, 0.25) is 11.8 Å². The van der Waals surface area contributed by atoms with E-state index in [4.69, 9.17) is 21.1 Å². The largest absolute Gasteiger partial charge is 0.460 e. The molecule has 1 spiro atoms. The van der Waals surface area contributed by atoms with Crippen LogP contribution in [-0.2, 0) is 28.7 Å². The van der Waals surface area contributed by atoms with Crippen molar-refractivity contribution in [2.75, 3.05) is 31.1 Å². The molecular weight excluding hydrogens is 562 g/mol. The second-order valence-electron chi connectivity index (χ2n) is 11.1. The Morgan fingerprint density at radius 3 is 2.67 bits per heavy atom. The van der Waals surface area contributed by atoms with Gasteiger partial charge in [0.05, 0.1) is 24.5 Å². The first kappa shape index (κ1) is 31.7. The third kappa shape index (κ3) is 6.26. The van der Waals surface area contributed by atoms with Crippen LogP contribution in [0.3, 0.4) is 0 Å². The number of anilines is 1. The molecule has 0 saturated carbocycles. The van der Waals surface area contributed by atoms with E-state index in [0.29, 0.717) is 49.2 Å². The van der Waals surface area contributed by atoms with Crippen LogP contribution in [0.25, 0.3) is 0 Å². The fourth-order valence-corrected chi connectivity index (χ4v) is 6.58. The summed E-state index contributed by atoms with van der Waals surface area (Å²) in [5.74, 6) is -3.14. The van der Waals surface area contributed by atoms with E-state index in [1.54, 1.807) is 48.2 Å². The number of benzene rings is 1. The SMILES string of the molecule is C=CCCC(=O)NC[C@H](C)OC(=O)[C@@H]1[C@H]2C(=O)N(CCCCO)[C@H](C(=O)N(CC=C)c3ccc(Cl)cc3)[C@]23CC[C@H]1O3. The van der Waals surface area contributed by atoms with Crippen molar-refractivity contribution in [1.82, 2.24) is 10.2 Å². The lowest BCUT2D eigenvalue weighted by Gasteiger charge is -2.36. The number of likely N-dealkylation sites (tertiary alicyclic amines) is 1. The quantitative estimate of drug-likeness (QED) is 0.180. The van der Waals surface area contributed by atoms with E-state index in [0.717, 1.165) is 0 Å². The van der Waals surface area contributed by atoms with Crippen LogP contribution in [-0.4, -0.2) is 83.8 Å². The van der Waals surface area contributed by atoms with E-state index in [2.05, 4.69) is 18.5 Å². The minimum atomic E-state index is -1.18. The van der Waals surface area contributed by atoms with Gasteiger partial charge in [0.25, 0.3) is 5.91 Å². The van der Waals surface area contributed by atoms with Crippen LogP contribution in [0.4, 0.5) is 5.69 Å². The summed E-state index contributed by atoms with van der Waals surface area (Å²) in [6, 6.07) is 5.88. The van der Waals surface area contributed by atoms with Crippen molar-refractivity contribution in [3.8, 4) is 0 Å². The van der Waals surface area contributed by atoms with Crippen molar-refractivity contribution in [3.05, 3.63) is 54.6 Å². The van der Waals surface area contributed by atoms with Gasteiger partial charge in [-0.2, -0.15) is 0 Å². The summed E-state index contributed by atoms with van der Waals surface area (Å²) in [5.41, 5.74) is -0.588. The lowest BCUT2D eigenvalue weighted by atomic mass is 9.70. The second kappa shape index (κ2) is 13.8. The Morgan fingerprint density at radius 2 is 2.00 bits per heavy atom. The number of esters is 1. The molecule has 2 N–H and O–H groups in total. The van der Waals surface area contributed by atoms with Gasteiger partial charge in [0, 0.05) is 36.8 Å². The number of aliphatic hydroxyl groups is 1. The molecule has 3 saturated heterocycles. The number of ether oxygens (including phenoxy) is 2. The molecule has 6 atom stereocenters. The van der Waals surface area contributed by atoms with Crippen LogP contribution in [0, 0.1) is 11.8 Å². The number of halogens is 1. The number of hydrogen-bond donors (Lipinski definition) is 2. The highest BCUT2D eigenvalue weighted by molar-refractivity contribution is 6.30. The molecule has 3 amide bonds. The van der Waals surface area contributed by atoms with Crippen LogP contribution >= 0.6 is 11.6 Å². The summed E-state index contributed by atoms with van der Waals surface area (Å²) in [4.78, 5) is 57.0. The summed E-state index contributed by atoms with van der Waals surface area (Å²) in [6.07, 6.45) is 4.82. The fourth-order valence-electron chi connectivity index (χ4n) is 6.45. The fraction of sp³-hybridized carbons (Fsp3) is 0.548. The van der Waals surface area contributed by atoms with Crippen molar-refractivity contribution < 1.29 is 33.8 Å². The van der Waals surface area contributed by atoms with Gasteiger partial charge in [-0.1, -0.05) is 23.8 Å². The van der Waals surface area contributed by atoms with Crippen molar-refractivity contribution in [2.24, 2.45) is 11.8 Å². The lowest BCUT2D eigenvalue weighted by molar-refractivity contribution is -0.159. The molecule has 4 rings (SSSR count). The van der Waals surface area contributed by atoms with E-state index in [9.17, 15) is 24.3 Å². The average molecular weight is 602 g/mol. The standard InChI is InChI=1S/C31H40ClN3O7/c1-4-6-9-24(37)33-19-20(3)41-30(40)25-23-14-15-31(42-23)26(25)28(38)35(17-7-8-18-36)27(31)29(39)34(16-5-2)22-12-10-21(32)11-13-22/h4-5,10-13,20,23,25-27,36H,1-2,6-9,14-19H2,3H3,(H,33,37)/t20-,23+,25-,26-,27+,31-/m0/s1. The molecule has 11 heteroatoms. The van der Waals surface area contributed by atoms with E-state index in [-0.39, 0.29) is 44.0 Å². The number of carbonyl (C=O) groups excluding carboxylic acids is 4. The molecule has 0 radical (unpaired) electrons. The molecular formula is C31H40ClN3O7. The van der Waals surface area contributed by atoms with Gasteiger partial charge >= 0.3 is 5.97 Å². The molecule has 0 aromatic heterocycles.